The van der Waals surface area contributed by atoms with Crippen molar-refractivity contribution in [1.29, 1.82) is 0 Å². The van der Waals surface area contributed by atoms with Crippen molar-refractivity contribution < 1.29 is 13.5 Å². The molecule has 29 heavy (non-hydrogen) atoms. The highest BCUT2D eigenvalue weighted by atomic mass is 32.2. The number of hydrogen-bond acceptors (Lipinski definition) is 4. The molecule has 1 aromatic carbocycles. The Kier molecular flexibility index (Phi) is 5.28. The van der Waals surface area contributed by atoms with Gasteiger partial charge in [0.05, 0.1) is 10.6 Å². The quantitative estimate of drug-likeness (QED) is 0.754. The number of anilines is 1. The highest BCUT2D eigenvalue weighted by molar-refractivity contribution is 7.97. The third kappa shape index (κ3) is 4.17. The average molecular weight is 415 g/mol. The number of aromatic nitrogens is 1. The second-order valence-electron chi connectivity index (χ2n) is 9.61. The van der Waals surface area contributed by atoms with E-state index in [4.69, 9.17) is 0 Å². The van der Waals surface area contributed by atoms with Crippen LogP contribution in [0.5, 0.6) is 5.75 Å². The van der Waals surface area contributed by atoms with Crippen LogP contribution in [0.15, 0.2) is 41.6 Å². The lowest BCUT2D eigenvalue weighted by atomic mass is 9.78. The zero-order chi connectivity index (χ0) is 21.6. The molecule has 1 fully saturated rings. The molecule has 1 aliphatic rings. The first-order valence-corrected chi connectivity index (χ1v) is 11.3. The Balaban J connectivity index is 2.11. The monoisotopic (exact) mass is 414 g/mol. The molecule has 6 heteroatoms. The summed E-state index contributed by atoms with van der Waals surface area (Å²) in [7, 11) is -3.58. The lowest BCUT2D eigenvalue weighted by molar-refractivity contribution is 0.423. The minimum absolute atomic E-state index is 0.268. The molecule has 1 aliphatic heterocycles. The van der Waals surface area contributed by atoms with Gasteiger partial charge in [-0.2, -0.15) is 0 Å². The molecule has 5 nitrogen and oxygen atoms in total. The normalized spacial score (nSPS) is 18.4. The van der Waals surface area contributed by atoms with Crippen molar-refractivity contribution in [3.63, 3.8) is 0 Å². The summed E-state index contributed by atoms with van der Waals surface area (Å²) in [5.74, 6) is 0.292. The molecule has 0 spiro atoms. The first kappa shape index (κ1) is 21.4. The van der Waals surface area contributed by atoms with Crippen molar-refractivity contribution in [2.45, 2.75) is 58.8 Å². The fraction of sp³-hybridized carbons (Fsp3) is 0.435. The van der Waals surface area contributed by atoms with Crippen LogP contribution in [0.25, 0.3) is 6.08 Å². The third-order valence-electron chi connectivity index (χ3n) is 5.21. The molecule has 0 unspecified atom stereocenters. The van der Waals surface area contributed by atoms with E-state index >= 15 is 0 Å². The van der Waals surface area contributed by atoms with E-state index in [1.807, 2.05) is 53.7 Å². The van der Waals surface area contributed by atoms with Gasteiger partial charge in [0.15, 0.2) is 0 Å². The van der Waals surface area contributed by atoms with Crippen LogP contribution >= 0.6 is 0 Å². The van der Waals surface area contributed by atoms with Crippen molar-refractivity contribution in [3.05, 3.63) is 58.3 Å². The maximum atomic E-state index is 13.1. The molecule has 1 N–H and O–H groups in total. The summed E-state index contributed by atoms with van der Waals surface area (Å²) in [5.41, 5.74) is 2.52. The number of sulfonamides is 1. The molecule has 0 atom stereocenters. The van der Waals surface area contributed by atoms with Gasteiger partial charge in [-0.15, -0.1) is 0 Å². The van der Waals surface area contributed by atoms with E-state index in [1.165, 1.54) is 4.31 Å². The topological polar surface area (TPSA) is 70.5 Å². The van der Waals surface area contributed by atoms with E-state index in [1.54, 1.807) is 30.6 Å². The van der Waals surface area contributed by atoms with Crippen LogP contribution in [0.1, 0.15) is 64.7 Å². The van der Waals surface area contributed by atoms with Gasteiger partial charge in [0, 0.05) is 36.5 Å². The maximum Gasteiger partial charge on any atom is 0.260 e. The summed E-state index contributed by atoms with van der Waals surface area (Å²) in [6.45, 7) is 12.7. The van der Waals surface area contributed by atoms with E-state index in [0.29, 0.717) is 29.3 Å². The lowest BCUT2D eigenvalue weighted by Gasteiger charge is -2.28. The molecule has 1 aromatic heterocycles. The van der Waals surface area contributed by atoms with E-state index < -0.39 is 10.0 Å². The van der Waals surface area contributed by atoms with E-state index in [9.17, 15) is 13.5 Å². The standard InChI is InChI=1S/C23H30N2O3S/c1-22(2,3)19-14-16(15-20(21(19)26)23(4,5)6)13-18-9-12-25(29(18,27)28)17-7-10-24-11-8-17/h7-8,10-11,13-15,26H,9,12H2,1-6H3/b18-13+. The summed E-state index contributed by atoms with van der Waals surface area (Å²) >= 11 is 0. The Hall–Kier alpha value is -2.34. The van der Waals surface area contributed by atoms with Crippen LogP contribution in [-0.2, 0) is 20.9 Å². The molecular weight excluding hydrogens is 384 g/mol. The Morgan fingerprint density at radius 1 is 1.00 bits per heavy atom. The van der Waals surface area contributed by atoms with Crippen molar-refractivity contribution in [1.82, 2.24) is 4.98 Å². The first-order chi connectivity index (χ1) is 13.3. The number of benzene rings is 1. The lowest BCUT2D eigenvalue weighted by Crippen LogP contribution is -2.24. The third-order valence-corrected chi connectivity index (χ3v) is 7.17. The number of aromatic hydroxyl groups is 1. The van der Waals surface area contributed by atoms with Gasteiger partial charge in [-0.05, 0) is 46.7 Å². The number of phenols is 1. The highest BCUT2D eigenvalue weighted by Crippen LogP contribution is 2.41. The van der Waals surface area contributed by atoms with Gasteiger partial charge < -0.3 is 5.11 Å². The van der Waals surface area contributed by atoms with Gasteiger partial charge in [-0.1, -0.05) is 41.5 Å². The number of phenolic OH excluding ortho intramolecular Hbond substituents is 1. The molecule has 0 bridgehead atoms. The second kappa shape index (κ2) is 7.17. The average Bonchev–Trinajstić information content (AvgIpc) is 2.89. The summed E-state index contributed by atoms with van der Waals surface area (Å²) < 4.78 is 27.7. The van der Waals surface area contributed by atoms with E-state index in [0.717, 1.165) is 16.7 Å². The minimum atomic E-state index is -3.58. The van der Waals surface area contributed by atoms with E-state index in [-0.39, 0.29) is 10.8 Å². The van der Waals surface area contributed by atoms with Crippen LogP contribution in [0, 0.1) is 0 Å². The molecule has 0 amide bonds. The van der Waals surface area contributed by atoms with Crippen molar-refractivity contribution >= 4 is 21.8 Å². The zero-order valence-corrected chi connectivity index (χ0v) is 18.8. The van der Waals surface area contributed by atoms with Gasteiger partial charge in [-0.3, -0.25) is 9.29 Å². The highest BCUT2D eigenvalue weighted by Gasteiger charge is 2.34. The van der Waals surface area contributed by atoms with Crippen molar-refractivity contribution in [2.75, 3.05) is 10.8 Å². The molecule has 3 rings (SSSR count). The SMILES string of the molecule is CC(C)(C)c1cc(/C=C2\CCN(c3ccncc3)S2(=O)=O)cc(C(C)(C)C)c1O. The van der Waals surface area contributed by atoms with Gasteiger partial charge in [0.2, 0.25) is 0 Å². The Morgan fingerprint density at radius 3 is 2.00 bits per heavy atom. The Labute approximate surface area is 174 Å². The molecule has 156 valence electrons. The summed E-state index contributed by atoms with van der Waals surface area (Å²) in [4.78, 5) is 4.35. The fourth-order valence-corrected chi connectivity index (χ4v) is 5.24. The molecule has 1 saturated heterocycles. The zero-order valence-electron chi connectivity index (χ0n) is 18.0. The molecule has 2 aromatic rings. The molecule has 0 saturated carbocycles. The van der Waals surface area contributed by atoms with Gasteiger partial charge in [0.1, 0.15) is 5.75 Å². The first-order valence-electron chi connectivity index (χ1n) is 9.83. The molecule has 0 aliphatic carbocycles. The molecule has 0 radical (unpaired) electrons. The van der Waals surface area contributed by atoms with E-state index in [2.05, 4.69) is 4.98 Å². The molecular formula is C23H30N2O3S. The largest absolute Gasteiger partial charge is 0.507 e. The summed E-state index contributed by atoms with van der Waals surface area (Å²) in [6.07, 6.45) is 5.39. The van der Waals surface area contributed by atoms with Crippen LogP contribution in [-0.4, -0.2) is 25.1 Å². The fourth-order valence-electron chi connectivity index (χ4n) is 3.60. The van der Waals surface area contributed by atoms with Crippen molar-refractivity contribution in [2.24, 2.45) is 0 Å². The van der Waals surface area contributed by atoms with Gasteiger partial charge in [-0.25, -0.2) is 8.42 Å². The Bertz CT molecular complexity index is 1010. The van der Waals surface area contributed by atoms with Crippen molar-refractivity contribution in [3.8, 4) is 5.75 Å². The summed E-state index contributed by atoms with van der Waals surface area (Å²) in [6, 6.07) is 7.22. The van der Waals surface area contributed by atoms with Crippen LogP contribution in [0.2, 0.25) is 0 Å². The van der Waals surface area contributed by atoms with Gasteiger partial charge >= 0.3 is 0 Å². The molecule has 2 heterocycles. The number of rotatable bonds is 2. The summed E-state index contributed by atoms with van der Waals surface area (Å²) in [5, 5.41) is 10.9. The number of nitrogens with zero attached hydrogens (tertiary/aromatic N) is 2. The maximum absolute atomic E-state index is 13.1. The van der Waals surface area contributed by atoms with Crippen LogP contribution in [0.4, 0.5) is 5.69 Å². The van der Waals surface area contributed by atoms with Crippen LogP contribution in [0.3, 0.4) is 0 Å². The predicted octanol–water partition coefficient (Wildman–Crippen LogP) is 4.96. The van der Waals surface area contributed by atoms with Gasteiger partial charge in [0.25, 0.3) is 10.0 Å². The van der Waals surface area contributed by atoms with Crippen LogP contribution < -0.4 is 4.31 Å². The Morgan fingerprint density at radius 2 is 1.52 bits per heavy atom. The predicted molar refractivity (Wildman–Crippen MR) is 119 cm³/mol. The number of pyridine rings is 1. The number of hydrogen-bond donors (Lipinski definition) is 1. The second-order valence-corrected chi connectivity index (χ2v) is 11.5. The smallest absolute Gasteiger partial charge is 0.260 e. The minimum Gasteiger partial charge on any atom is -0.507 e.